The predicted octanol–water partition coefficient (Wildman–Crippen LogP) is 6.05. The number of fused-ring (bicyclic) bond motifs is 1. The Morgan fingerprint density at radius 3 is 2.39 bits per heavy atom. The minimum Gasteiger partial charge on any atom is -0.485 e. The summed E-state index contributed by atoms with van der Waals surface area (Å²) in [7, 11) is 1.74. The van der Waals surface area contributed by atoms with Crippen molar-refractivity contribution in [1.29, 1.82) is 0 Å². The van der Waals surface area contributed by atoms with Crippen molar-refractivity contribution in [3.63, 3.8) is 0 Å². The molecule has 0 spiro atoms. The van der Waals surface area contributed by atoms with Crippen LogP contribution < -0.4 is 10.1 Å². The van der Waals surface area contributed by atoms with E-state index in [1.54, 1.807) is 7.11 Å². The van der Waals surface area contributed by atoms with Gasteiger partial charge >= 0.3 is 0 Å². The Kier molecular flexibility index (Phi) is 6.30. The summed E-state index contributed by atoms with van der Waals surface area (Å²) in [5, 5.41) is 3.50. The van der Waals surface area contributed by atoms with Crippen LogP contribution in [0.2, 0.25) is 0 Å². The van der Waals surface area contributed by atoms with E-state index in [9.17, 15) is 0 Å². The summed E-state index contributed by atoms with van der Waals surface area (Å²) in [5.41, 5.74) is 5.14. The van der Waals surface area contributed by atoms with E-state index in [-0.39, 0.29) is 12.2 Å². The van der Waals surface area contributed by atoms with E-state index in [2.05, 4.69) is 86.8 Å². The minimum absolute atomic E-state index is 0.220. The fraction of sp³-hybridized carbons (Fsp3) is 0.333. The summed E-state index contributed by atoms with van der Waals surface area (Å²) in [6.07, 6.45) is -0.460. The van der Waals surface area contributed by atoms with Crippen molar-refractivity contribution in [1.82, 2.24) is 0 Å². The maximum absolute atomic E-state index is 6.38. The molecule has 0 amide bonds. The highest BCUT2D eigenvalue weighted by Gasteiger charge is 2.45. The molecule has 3 aromatic rings. The molecule has 1 aliphatic rings. The van der Waals surface area contributed by atoms with E-state index in [1.807, 2.05) is 12.1 Å². The lowest BCUT2D eigenvalue weighted by molar-refractivity contribution is -0.159. The summed E-state index contributed by atoms with van der Waals surface area (Å²) >= 11 is 0. The highest BCUT2D eigenvalue weighted by atomic mass is 16.6. The molecule has 0 aromatic heterocycles. The summed E-state index contributed by atoms with van der Waals surface area (Å²) < 4.78 is 18.7. The van der Waals surface area contributed by atoms with Crippen molar-refractivity contribution in [2.45, 2.75) is 51.7 Å². The van der Waals surface area contributed by atoms with Crippen LogP contribution in [0.15, 0.2) is 72.8 Å². The third-order valence-electron chi connectivity index (χ3n) is 5.79. The zero-order valence-corrected chi connectivity index (χ0v) is 18.7. The first kappa shape index (κ1) is 21.4. The van der Waals surface area contributed by atoms with Crippen LogP contribution in [0.3, 0.4) is 0 Å². The summed E-state index contributed by atoms with van der Waals surface area (Å²) in [4.78, 5) is 0. The summed E-state index contributed by atoms with van der Waals surface area (Å²) in [6, 6.07) is 25.0. The van der Waals surface area contributed by atoms with Crippen molar-refractivity contribution in [2.24, 2.45) is 0 Å². The van der Waals surface area contributed by atoms with Crippen LogP contribution in [0.4, 0.5) is 5.69 Å². The van der Waals surface area contributed by atoms with Crippen molar-refractivity contribution < 1.29 is 14.2 Å². The molecule has 31 heavy (non-hydrogen) atoms. The minimum atomic E-state index is -0.517. The molecule has 0 radical (unpaired) electrons. The largest absolute Gasteiger partial charge is 0.485 e. The van der Waals surface area contributed by atoms with E-state index >= 15 is 0 Å². The van der Waals surface area contributed by atoms with Gasteiger partial charge < -0.3 is 19.5 Å². The lowest BCUT2D eigenvalue weighted by atomic mass is 9.88. The van der Waals surface area contributed by atoms with Gasteiger partial charge in [-0.05, 0) is 50.1 Å². The fourth-order valence-corrected chi connectivity index (χ4v) is 4.05. The highest BCUT2D eigenvalue weighted by Crippen LogP contribution is 2.44. The molecule has 1 heterocycles. The van der Waals surface area contributed by atoms with Crippen molar-refractivity contribution in [3.8, 4) is 5.75 Å². The zero-order valence-electron chi connectivity index (χ0n) is 18.7. The molecule has 4 rings (SSSR count). The second-order valence-electron chi connectivity index (χ2n) is 8.67. The molecule has 0 saturated carbocycles. The van der Waals surface area contributed by atoms with Crippen molar-refractivity contribution in [2.75, 3.05) is 12.4 Å². The molecule has 0 fully saturated rings. The van der Waals surface area contributed by atoms with Gasteiger partial charge in [0.2, 0.25) is 0 Å². The van der Waals surface area contributed by atoms with Crippen molar-refractivity contribution in [3.05, 3.63) is 95.1 Å². The molecule has 0 saturated heterocycles. The molecule has 2 unspecified atom stereocenters. The molecule has 162 valence electrons. The van der Waals surface area contributed by atoms with Gasteiger partial charge in [-0.2, -0.15) is 0 Å². The van der Waals surface area contributed by atoms with Crippen LogP contribution in [0.25, 0.3) is 0 Å². The Morgan fingerprint density at radius 2 is 1.68 bits per heavy atom. The molecule has 1 N–H and O–H groups in total. The molecule has 2 atom stereocenters. The maximum atomic E-state index is 6.38. The average Bonchev–Trinajstić information content (AvgIpc) is 2.77. The Morgan fingerprint density at radius 1 is 0.935 bits per heavy atom. The molecule has 1 aliphatic heterocycles. The molecule has 4 heteroatoms. The third kappa shape index (κ3) is 4.92. The number of anilines is 1. The first-order valence-electron chi connectivity index (χ1n) is 10.8. The monoisotopic (exact) mass is 417 g/mol. The van der Waals surface area contributed by atoms with Gasteiger partial charge in [-0.15, -0.1) is 0 Å². The number of nitrogens with one attached hydrogen (secondary N) is 1. The number of benzene rings is 3. The number of methoxy groups -OCH3 is 1. The Balaban J connectivity index is 1.53. The van der Waals surface area contributed by atoms with Gasteiger partial charge in [0.05, 0.1) is 6.61 Å². The van der Waals surface area contributed by atoms with E-state index in [4.69, 9.17) is 14.2 Å². The zero-order chi connectivity index (χ0) is 21.8. The molecular formula is C27H31NO3. The number of hydrogen-bond acceptors (Lipinski definition) is 4. The Bertz CT molecular complexity index is 999. The summed E-state index contributed by atoms with van der Waals surface area (Å²) in [6.45, 7) is 7.48. The molecule has 3 aromatic carbocycles. The first-order valence-corrected chi connectivity index (χ1v) is 10.8. The van der Waals surface area contributed by atoms with Gasteiger partial charge in [0.25, 0.3) is 0 Å². The van der Waals surface area contributed by atoms with Gasteiger partial charge in [-0.1, -0.05) is 60.2 Å². The molecular weight excluding hydrogens is 386 g/mol. The fourth-order valence-electron chi connectivity index (χ4n) is 4.05. The number of ether oxygens (including phenoxy) is 3. The van der Waals surface area contributed by atoms with E-state index in [1.165, 1.54) is 11.1 Å². The van der Waals surface area contributed by atoms with Gasteiger partial charge in [0.15, 0.2) is 0 Å². The van der Waals surface area contributed by atoms with Crippen LogP contribution in [0.1, 0.15) is 42.2 Å². The smallest absolute Gasteiger partial charge is 0.132 e. The van der Waals surface area contributed by atoms with Gasteiger partial charge in [-0.25, -0.2) is 0 Å². The average molecular weight is 418 g/mol. The van der Waals surface area contributed by atoms with E-state index in [0.717, 1.165) is 29.1 Å². The second kappa shape index (κ2) is 9.13. The van der Waals surface area contributed by atoms with Crippen LogP contribution in [-0.2, 0) is 22.6 Å². The third-order valence-corrected chi connectivity index (χ3v) is 5.79. The lowest BCUT2D eigenvalue weighted by Crippen LogP contribution is -2.50. The Labute approximate surface area is 185 Å². The quantitative estimate of drug-likeness (QED) is 0.508. The van der Waals surface area contributed by atoms with Gasteiger partial charge in [0.1, 0.15) is 23.6 Å². The number of hydrogen-bond donors (Lipinski definition) is 1. The molecule has 0 aliphatic carbocycles. The lowest BCUT2D eigenvalue weighted by Gasteiger charge is -2.44. The topological polar surface area (TPSA) is 39.7 Å². The van der Waals surface area contributed by atoms with E-state index < -0.39 is 5.60 Å². The number of aryl methyl sites for hydroxylation is 1. The Hall–Kier alpha value is -2.82. The molecule has 4 nitrogen and oxygen atoms in total. The normalized spacial score (nSPS) is 19.4. The highest BCUT2D eigenvalue weighted by molar-refractivity contribution is 5.53. The summed E-state index contributed by atoms with van der Waals surface area (Å²) in [5.74, 6) is 0.845. The first-order chi connectivity index (χ1) is 15.0. The van der Waals surface area contributed by atoms with Crippen molar-refractivity contribution >= 4 is 5.69 Å². The standard InChI is InChI=1S/C27H31NO3/c1-19-10-12-21(13-11-19)18-30-26-25(29-4)23-16-22(14-15-24(23)31-27(26,2)3)28-17-20-8-6-5-7-9-20/h5-16,25-26,28H,17-18H2,1-4H3. The number of rotatable bonds is 7. The van der Waals surface area contributed by atoms with Gasteiger partial charge in [0, 0.05) is 24.9 Å². The van der Waals surface area contributed by atoms with Crippen LogP contribution >= 0.6 is 0 Å². The predicted molar refractivity (Wildman–Crippen MR) is 124 cm³/mol. The van der Waals surface area contributed by atoms with Crippen LogP contribution in [0, 0.1) is 6.92 Å². The SMILES string of the molecule is COC1c2cc(NCc3ccccc3)ccc2OC(C)(C)C1OCc1ccc(C)cc1. The maximum Gasteiger partial charge on any atom is 0.132 e. The second-order valence-corrected chi connectivity index (χ2v) is 8.67. The van der Waals surface area contributed by atoms with E-state index in [0.29, 0.717) is 6.61 Å². The van der Waals surface area contributed by atoms with Gasteiger partial charge in [-0.3, -0.25) is 0 Å². The van der Waals surface area contributed by atoms with Crippen LogP contribution in [-0.4, -0.2) is 18.8 Å². The molecule has 0 bridgehead atoms. The van der Waals surface area contributed by atoms with Crippen LogP contribution in [0.5, 0.6) is 5.75 Å².